The number of hydrogen-bond acceptors (Lipinski definition) is 13. The molecule has 0 aliphatic rings. The van der Waals surface area contributed by atoms with Crippen LogP contribution in [0.1, 0.15) is 42.5 Å². The molecule has 0 aliphatic carbocycles. The van der Waals surface area contributed by atoms with Gasteiger partial charge in [0.2, 0.25) is 0 Å². The van der Waals surface area contributed by atoms with Crippen LogP contribution in [0.5, 0.6) is 5.75 Å². The molecule has 0 spiro atoms. The zero-order valence-electron chi connectivity index (χ0n) is 28.4. The molecule has 6 rings (SSSR count). The number of nitrogens with zero attached hydrogens (tertiary/aromatic N) is 8. The van der Waals surface area contributed by atoms with Gasteiger partial charge in [0.1, 0.15) is 18.5 Å². The van der Waals surface area contributed by atoms with Gasteiger partial charge in [-0.3, -0.25) is 23.5 Å². The summed E-state index contributed by atoms with van der Waals surface area (Å²) in [6, 6.07) is 10.2. The van der Waals surface area contributed by atoms with Gasteiger partial charge in [0.15, 0.2) is 34.6 Å². The van der Waals surface area contributed by atoms with E-state index in [1.54, 1.807) is 40.0 Å². The van der Waals surface area contributed by atoms with Gasteiger partial charge in [0.05, 0.1) is 38.5 Å². The lowest BCUT2D eigenvalue weighted by atomic mass is 10.0. The minimum Gasteiger partial charge on any atom is -0.490 e. The Morgan fingerprint density at radius 1 is 0.704 bits per heavy atom. The van der Waals surface area contributed by atoms with Crippen molar-refractivity contribution in [2.45, 2.75) is 12.8 Å². The van der Waals surface area contributed by atoms with E-state index in [1.807, 2.05) is 0 Å². The van der Waals surface area contributed by atoms with Crippen molar-refractivity contribution in [2.24, 2.45) is 0 Å². The predicted molar refractivity (Wildman–Crippen MR) is 183 cm³/mol. The smallest absolute Gasteiger partial charge is 0.340 e. The van der Waals surface area contributed by atoms with E-state index in [4.69, 9.17) is 14.2 Å². The topological polar surface area (TPSA) is 207 Å². The zero-order chi connectivity index (χ0) is 38.2. The molecule has 54 heavy (non-hydrogen) atoms. The third-order valence-corrected chi connectivity index (χ3v) is 7.74. The van der Waals surface area contributed by atoms with Crippen molar-refractivity contribution in [2.75, 3.05) is 31.5 Å². The number of carbonyl (C=O) groups excluding carboxylic acids is 4. The van der Waals surface area contributed by atoms with Gasteiger partial charge < -0.3 is 24.8 Å². The molecule has 17 nitrogen and oxygen atoms in total. The third-order valence-electron chi connectivity index (χ3n) is 7.74. The Kier molecular flexibility index (Phi) is 11.0. The number of aromatic nitrogens is 8. The van der Waals surface area contributed by atoms with Crippen LogP contribution in [0.15, 0.2) is 86.0 Å². The Labute approximate surface area is 304 Å². The number of nitrogens with one attached hydrogen (secondary N) is 2. The second-order valence-corrected chi connectivity index (χ2v) is 11.2. The van der Waals surface area contributed by atoms with Crippen molar-refractivity contribution in [3.05, 3.63) is 126 Å². The highest BCUT2D eigenvalue weighted by Gasteiger charge is 2.22. The molecule has 2 aromatic carbocycles. The normalized spacial score (nSPS) is 10.7. The molecule has 0 aliphatic heterocycles. The molecule has 274 valence electrons. The van der Waals surface area contributed by atoms with Crippen LogP contribution < -0.4 is 15.4 Å². The fourth-order valence-corrected chi connectivity index (χ4v) is 4.99. The van der Waals surface area contributed by atoms with E-state index in [0.29, 0.717) is 11.6 Å². The number of halogens is 2. The number of amides is 2. The summed E-state index contributed by atoms with van der Waals surface area (Å²) in [5.41, 5.74) is -0.411. The van der Waals surface area contributed by atoms with Crippen molar-refractivity contribution in [3.8, 4) is 17.4 Å². The minimum absolute atomic E-state index is 0.0401. The summed E-state index contributed by atoms with van der Waals surface area (Å²) in [7, 11) is 2.26. The molecule has 19 heteroatoms. The number of benzene rings is 2. The summed E-state index contributed by atoms with van der Waals surface area (Å²) in [4.78, 5) is 58.6. The molecule has 0 atom stereocenters. The van der Waals surface area contributed by atoms with E-state index in [1.165, 1.54) is 44.0 Å². The number of imidazole rings is 2. The fourth-order valence-electron chi connectivity index (χ4n) is 4.99. The van der Waals surface area contributed by atoms with Crippen LogP contribution in [-0.4, -0.2) is 84.1 Å². The number of anilines is 2. The van der Waals surface area contributed by atoms with E-state index < -0.39 is 35.4 Å². The number of carbonyl (C=O) groups is 4. The first-order chi connectivity index (χ1) is 26.1. The van der Waals surface area contributed by atoms with Crippen molar-refractivity contribution in [3.63, 3.8) is 0 Å². The summed E-state index contributed by atoms with van der Waals surface area (Å²) in [5, 5.41) is 21.0. The maximum Gasteiger partial charge on any atom is 0.340 e. The number of ether oxygens (including phenoxy) is 3. The fraction of sp³-hybridized carbons (Fsp3) is 0.143. The largest absolute Gasteiger partial charge is 0.490 e. The Morgan fingerprint density at radius 3 is 1.83 bits per heavy atom. The SMILES string of the molecule is COC(=O)Cc1cc(F)c(CCOc2cc(NC(=O)c3ccc(-n4ccnc4)nn3)c(C(=O)OC)cc2F)cc1NC(=O)c1ccc(-n2ccnc2)nn1. The predicted octanol–water partition coefficient (Wildman–Crippen LogP) is 3.54. The zero-order valence-corrected chi connectivity index (χ0v) is 28.4. The summed E-state index contributed by atoms with van der Waals surface area (Å²) in [6.07, 6.45) is 8.88. The molecule has 0 radical (unpaired) electrons. The average molecular weight is 739 g/mol. The molecule has 0 bridgehead atoms. The highest BCUT2D eigenvalue weighted by Crippen LogP contribution is 2.29. The van der Waals surface area contributed by atoms with Gasteiger partial charge >= 0.3 is 11.9 Å². The number of methoxy groups -OCH3 is 2. The monoisotopic (exact) mass is 738 g/mol. The molecule has 6 aromatic rings. The number of hydrogen-bond donors (Lipinski definition) is 2. The summed E-state index contributed by atoms with van der Waals surface area (Å²) >= 11 is 0. The summed E-state index contributed by atoms with van der Waals surface area (Å²) in [6.45, 7) is -0.301. The molecule has 0 fully saturated rings. The molecule has 0 saturated heterocycles. The Morgan fingerprint density at radius 2 is 1.31 bits per heavy atom. The van der Waals surface area contributed by atoms with Crippen molar-refractivity contribution in [1.29, 1.82) is 0 Å². The second kappa shape index (κ2) is 16.3. The molecule has 4 aromatic heterocycles. The Bertz CT molecular complexity index is 2300. The second-order valence-electron chi connectivity index (χ2n) is 11.2. The number of rotatable bonds is 13. The first-order valence-corrected chi connectivity index (χ1v) is 15.8. The van der Waals surface area contributed by atoms with Crippen molar-refractivity contribution in [1.82, 2.24) is 39.5 Å². The van der Waals surface area contributed by atoms with E-state index in [-0.39, 0.29) is 64.7 Å². The maximum atomic E-state index is 15.3. The van der Waals surface area contributed by atoms with E-state index in [9.17, 15) is 19.2 Å². The van der Waals surface area contributed by atoms with Gasteiger partial charge in [-0.15, -0.1) is 20.4 Å². The molecule has 0 unspecified atom stereocenters. The lowest BCUT2D eigenvalue weighted by Gasteiger charge is -2.15. The van der Waals surface area contributed by atoms with Gasteiger partial charge in [0.25, 0.3) is 11.8 Å². The minimum atomic E-state index is -0.972. The Balaban J connectivity index is 1.18. The highest BCUT2D eigenvalue weighted by atomic mass is 19.1. The van der Waals surface area contributed by atoms with Gasteiger partial charge in [-0.2, -0.15) is 0 Å². The van der Waals surface area contributed by atoms with Gasteiger partial charge in [-0.25, -0.2) is 23.5 Å². The lowest BCUT2D eigenvalue weighted by Crippen LogP contribution is -2.18. The third kappa shape index (κ3) is 8.36. The molecule has 0 saturated carbocycles. The Hall–Kier alpha value is -7.44. The van der Waals surface area contributed by atoms with E-state index in [0.717, 1.165) is 25.3 Å². The lowest BCUT2D eigenvalue weighted by molar-refractivity contribution is -0.139. The van der Waals surface area contributed by atoms with Gasteiger partial charge in [-0.1, -0.05) is 0 Å². The van der Waals surface area contributed by atoms with Crippen LogP contribution >= 0.6 is 0 Å². The average Bonchev–Trinajstić information content (AvgIpc) is 3.93. The first-order valence-electron chi connectivity index (χ1n) is 15.8. The van der Waals surface area contributed by atoms with E-state index >= 15 is 8.78 Å². The van der Waals surface area contributed by atoms with Gasteiger partial charge in [0, 0.05) is 43.0 Å². The number of esters is 2. The van der Waals surface area contributed by atoms with Crippen molar-refractivity contribution >= 4 is 35.1 Å². The quantitative estimate of drug-likeness (QED) is 0.163. The molecular weight excluding hydrogens is 710 g/mol. The standard InChI is InChI=1S/C35H28F2N10O7/c1-52-32(48)15-21-13-23(36)20(14-27(21)40-33(49)25-3-5-30(44-42-25)46-10-8-38-18-46)7-12-54-29-17-28(22(16-24(29)37)35(51)53-2)41-34(50)26-4-6-31(45-43-26)47-11-9-39-19-47/h3-6,8-11,13-14,16-19H,7,12,15H2,1-2H3,(H,40,49)(H,41,50). The maximum absolute atomic E-state index is 15.3. The molecule has 2 N–H and O–H groups in total. The van der Waals surface area contributed by atoms with Crippen LogP contribution in [0.3, 0.4) is 0 Å². The van der Waals surface area contributed by atoms with Crippen molar-refractivity contribution < 1.29 is 42.2 Å². The van der Waals surface area contributed by atoms with Crippen LogP contribution in [0.25, 0.3) is 11.6 Å². The first kappa shape index (κ1) is 36.4. The molecular formula is C35H28F2N10O7. The molecule has 4 heterocycles. The highest BCUT2D eigenvalue weighted by molar-refractivity contribution is 6.07. The summed E-state index contributed by atoms with van der Waals surface area (Å²) in [5.74, 6) is -4.38. The van der Waals surface area contributed by atoms with Crippen LogP contribution in [0.4, 0.5) is 20.2 Å². The van der Waals surface area contributed by atoms with Crippen LogP contribution in [0, 0.1) is 11.6 Å². The van der Waals surface area contributed by atoms with Crippen LogP contribution in [0.2, 0.25) is 0 Å². The van der Waals surface area contributed by atoms with Gasteiger partial charge in [-0.05, 0) is 53.6 Å². The van der Waals surface area contributed by atoms with Crippen LogP contribution in [-0.2, 0) is 27.1 Å². The van der Waals surface area contributed by atoms with E-state index in [2.05, 4.69) is 41.0 Å². The molecule has 2 amide bonds. The summed E-state index contributed by atoms with van der Waals surface area (Å²) < 4.78 is 48.8.